The van der Waals surface area contributed by atoms with Gasteiger partial charge < -0.3 is 5.32 Å². The number of Topliss-reactive ketones (excluding diaryl/α,β-unsaturated/α-hetero) is 1. The molecule has 0 amide bonds. The van der Waals surface area contributed by atoms with Crippen LogP contribution in [0.1, 0.15) is 34.2 Å². The molecule has 0 bridgehead atoms. The maximum absolute atomic E-state index is 12.3. The van der Waals surface area contributed by atoms with E-state index < -0.39 is 0 Å². The first-order chi connectivity index (χ1) is 16.4. The molecule has 0 saturated heterocycles. The van der Waals surface area contributed by atoms with E-state index in [9.17, 15) is 10.1 Å². The van der Waals surface area contributed by atoms with E-state index in [-0.39, 0.29) is 5.78 Å². The van der Waals surface area contributed by atoms with Crippen LogP contribution in [-0.2, 0) is 0 Å². The van der Waals surface area contributed by atoms with Crippen LogP contribution in [0.2, 0.25) is 0 Å². The molecule has 1 N–H and O–H groups in total. The van der Waals surface area contributed by atoms with Gasteiger partial charge in [-0.1, -0.05) is 0 Å². The van der Waals surface area contributed by atoms with E-state index in [0.717, 1.165) is 22.4 Å². The van der Waals surface area contributed by atoms with E-state index in [1.807, 2.05) is 41.8 Å². The van der Waals surface area contributed by atoms with Crippen LogP contribution in [0.4, 0.5) is 11.5 Å². The van der Waals surface area contributed by atoms with E-state index in [1.54, 1.807) is 31.6 Å². The van der Waals surface area contributed by atoms with Crippen LogP contribution in [0.3, 0.4) is 0 Å². The summed E-state index contributed by atoms with van der Waals surface area (Å²) in [7, 11) is 0. The van der Waals surface area contributed by atoms with Crippen molar-refractivity contribution < 1.29 is 4.79 Å². The van der Waals surface area contributed by atoms with Gasteiger partial charge in [-0.25, -0.2) is 14.6 Å². The molecular weight excluding hydrogens is 430 g/mol. The molecule has 4 heterocycles. The monoisotopic (exact) mass is 449 g/mol. The van der Waals surface area contributed by atoms with Gasteiger partial charge >= 0.3 is 0 Å². The van der Waals surface area contributed by atoms with E-state index >= 15 is 0 Å². The van der Waals surface area contributed by atoms with Gasteiger partial charge in [0, 0.05) is 5.69 Å². The highest BCUT2D eigenvalue weighted by atomic mass is 16.1. The summed E-state index contributed by atoms with van der Waals surface area (Å²) in [6.45, 7) is 5.09. The second-order valence-corrected chi connectivity index (χ2v) is 7.78. The molecule has 0 fully saturated rings. The first-order valence-electron chi connectivity index (χ1n) is 10.5. The number of aromatic nitrogens is 7. The highest BCUT2D eigenvalue weighted by Crippen LogP contribution is 2.24. The summed E-state index contributed by atoms with van der Waals surface area (Å²) in [5.74, 6) is 1.38. The third-order valence-electron chi connectivity index (χ3n) is 5.34. The molecule has 0 radical (unpaired) electrons. The number of ketones is 1. The second kappa shape index (κ2) is 8.22. The van der Waals surface area contributed by atoms with Crippen LogP contribution in [0.15, 0.2) is 55.0 Å². The highest BCUT2D eigenvalue weighted by Gasteiger charge is 2.17. The smallest absolute Gasteiger partial charge is 0.166 e. The van der Waals surface area contributed by atoms with E-state index in [2.05, 4.69) is 31.7 Å². The topological polar surface area (TPSA) is 127 Å². The zero-order valence-electron chi connectivity index (χ0n) is 18.7. The Labute approximate surface area is 194 Å². The predicted octanol–water partition coefficient (Wildman–Crippen LogP) is 3.83. The Morgan fingerprint density at radius 3 is 2.65 bits per heavy atom. The summed E-state index contributed by atoms with van der Waals surface area (Å²) in [4.78, 5) is 21.5. The van der Waals surface area contributed by atoms with Gasteiger partial charge in [0.2, 0.25) is 0 Å². The Morgan fingerprint density at radius 1 is 1.09 bits per heavy atom. The molecule has 0 atom stereocenters. The largest absolute Gasteiger partial charge is 0.339 e. The third kappa shape index (κ3) is 3.75. The fourth-order valence-electron chi connectivity index (χ4n) is 3.58. The molecule has 5 aromatic rings. The van der Waals surface area contributed by atoms with Gasteiger partial charge in [-0.05, 0) is 63.2 Å². The maximum atomic E-state index is 12.3. The Kier molecular flexibility index (Phi) is 5.07. The van der Waals surface area contributed by atoms with Crippen molar-refractivity contribution in [3.05, 3.63) is 77.5 Å². The van der Waals surface area contributed by atoms with Crippen molar-refractivity contribution in [1.82, 2.24) is 34.5 Å². The lowest BCUT2D eigenvalue weighted by Crippen LogP contribution is -2.09. The number of rotatable bonds is 5. The fraction of sp³-hybridized carbons (Fsp3) is 0.125. The number of aryl methyl sites for hydroxylation is 2. The van der Waals surface area contributed by atoms with E-state index in [0.29, 0.717) is 34.3 Å². The van der Waals surface area contributed by atoms with Crippen LogP contribution in [-0.4, -0.2) is 40.3 Å². The number of nitrogens with one attached hydrogen (secondary N) is 1. The predicted molar refractivity (Wildman–Crippen MR) is 125 cm³/mol. The van der Waals surface area contributed by atoms with Gasteiger partial charge in [-0.2, -0.15) is 15.5 Å². The number of fused-ring (bicyclic) bond motifs is 1. The van der Waals surface area contributed by atoms with Gasteiger partial charge in [0.25, 0.3) is 0 Å². The third-order valence-corrected chi connectivity index (χ3v) is 5.34. The number of hydrogen-bond donors (Lipinski definition) is 1. The average molecular weight is 449 g/mol. The number of nitrogens with zero attached hydrogens (tertiary/aromatic N) is 8. The molecule has 10 heteroatoms. The molecule has 5 rings (SSSR count). The van der Waals surface area contributed by atoms with Gasteiger partial charge in [0.1, 0.15) is 18.2 Å². The molecule has 0 spiro atoms. The maximum Gasteiger partial charge on any atom is 0.166 e. The minimum atomic E-state index is -0.151. The van der Waals surface area contributed by atoms with Crippen LogP contribution in [0.5, 0.6) is 0 Å². The van der Waals surface area contributed by atoms with Crippen LogP contribution in [0, 0.1) is 25.2 Å². The van der Waals surface area contributed by atoms with Crippen molar-refractivity contribution >= 4 is 28.3 Å². The molecule has 166 valence electrons. The summed E-state index contributed by atoms with van der Waals surface area (Å²) in [6, 6.07) is 15.1. The number of anilines is 2. The van der Waals surface area contributed by atoms with E-state index in [1.165, 1.54) is 11.6 Å². The zero-order chi connectivity index (χ0) is 23.8. The molecule has 0 aliphatic rings. The zero-order valence-corrected chi connectivity index (χ0v) is 18.7. The lowest BCUT2D eigenvalue weighted by atomic mass is 10.2. The van der Waals surface area contributed by atoms with Gasteiger partial charge in [-0.3, -0.25) is 9.36 Å². The Morgan fingerprint density at radius 2 is 1.94 bits per heavy atom. The van der Waals surface area contributed by atoms with Crippen LogP contribution < -0.4 is 5.32 Å². The number of nitriles is 1. The number of hydrogen-bond acceptors (Lipinski definition) is 8. The minimum Gasteiger partial charge on any atom is -0.339 e. The van der Waals surface area contributed by atoms with Gasteiger partial charge in [0.15, 0.2) is 17.4 Å². The first kappa shape index (κ1) is 21.0. The van der Waals surface area contributed by atoms with Crippen molar-refractivity contribution in [3.8, 4) is 17.7 Å². The lowest BCUT2D eigenvalue weighted by molar-refractivity contribution is 0.101. The van der Waals surface area contributed by atoms with Gasteiger partial charge in [-0.15, -0.1) is 5.10 Å². The number of benzene rings is 1. The fourth-order valence-corrected chi connectivity index (χ4v) is 3.58. The second-order valence-electron chi connectivity index (χ2n) is 7.78. The summed E-state index contributed by atoms with van der Waals surface area (Å²) >= 11 is 0. The molecular formula is C24H19N9O. The van der Waals surface area contributed by atoms with Gasteiger partial charge in [0.05, 0.1) is 39.7 Å². The number of imidazole rings is 1. The molecule has 10 nitrogen and oxygen atoms in total. The number of carbonyl (C=O) groups is 1. The van der Waals surface area contributed by atoms with Crippen molar-refractivity contribution in [2.45, 2.75) is 20.8 Å². The molecule has 0 aliphatic carbocycles. The van der Waals surface area contributed by atoms with Crippen molar-refractivity contribution in [2.75, 3.05) is 5.32 Å². The van der Waals surface area contributed by atoms with Crippen molar-refractivity contribution in [1.29, 1.82) is 5.26 Å². The quantitative estimate of drug-likeness (QED) is 0.401. The normalized spacial score (nSPS) is 10.9. The highest BCUT2D eigenvalue weighted by molar-refractivity contribution is 5.97. The summed E-state index contributed by atoms with van der Waals surface area (Å²) < 4.78 is 3.30. The Hall–Kier alpha value is -4.91. The molecule has 0 aliphatic heterocycles. The SMILES string of the molecule is CC(=O)c1ccc(-n2cnc3ccc(Nc4ccc(C)nn4)cc32)nc1-n1cc(C#N)c(C)n1. The molecule has 0 unspecified atom stereocenters. The van der Waals surface area contributed by atoms with Crippen LogP contribution in [0.25, 0.3) is 22.7 Å². The number of carbonyl (C=O) groups excluding carboxylic acids is 1. The average Bonchev–Trinajstić information content (AvgIpc) is 3.43. The Bertz CT molecular complexity index is 1590. The van der Waals surface area contributed by atoms with E-state index in [4.69, 9.17) is 4.98 Å². The molecule has 0 saturated carbocycles. The molecule has 4 aromatic heterocycles. The van der Waals surface area contributed by atoms with Crippen molar-refractivity contribution in [3.63, 3.8) is 0 Å². The summed E-state index contributed by atoms with van der Waals surface area (Å²) in [6.07, 6.45) is 3.25. The minimum absolute atomic E-state index is 0.151. The standard InChI is InChI=1S/C24H19N9O/c1-14-4-8-22(30-29-14)27-18-5-7-20-21(10-18)32(13-26-20)23-9-6-19(16(3)34)24(28-23)33-12-17(11-25)15(2)31-33/h4-10,12-13H,1-3H3,(H,27,30). The van der Waals surface area contributed by atoms with Crippen LogP contribution >= 0.6 is 0 Å². The first-order valence-corrected chi connectivity index (χ1v) is 10.5. The summed E-state index contributed by atoms with van der Waals surface area (Å²) in [5.41, 5.74) is 4.63. The summed E-state index contributed by atoms with van der Waals surface area (Å²) in [5, 5.41) is 25.2. The van der Waals surface area contributed by atoms with Crippen molar-refractivity contribution in [2.24, 2.45) is 0 Å². The Balaban J connectivity index is 1.59. The lowest BCUT2D eigenvalue weighted by Gasteiger charge is -2.11. The number of pyridine rings is 1. The molecule has 34 heavy (non-hydrogen) atoms. The molecule has 1 aromatic carbocycles.